The smallest absolute Gasteiger partial charge is 0.0503 e. The lowest BCUT2D eigenvalue weighted by Gasteiger charge is -2.23. The zero-order valence-corrected chi connectivity index (χ0v) is 11.9. The number of nitrogens with two attached hydrogens (primary N) is 1. The Morgan fingerprint density at radius 3 is 2.76 bits per heavy atom. The van der Waals surface area contributed by atoms with Gasteiger partial charge in [-0.05, 0) is 50.2 Å². The molecule has 3 heteroatoms. The van der Waals surface area contributed by atoms with Crippen LogP contribution in [0.5, 0.6) is 0 Å². The topological polar surface area (TPSA) is 38.5 Å². The average molecular weight is 242 g/mol. The third-order valence-corrected chi connectivity index (χ3v) is 3.90. The summed E-state index contributed by atoms with van der Waals surface area (Å²) in [5, 5.41) is 0. The van der Waals surface area contributed by atoms with Crippen molar-refractivity contribution in [3.63, 3.8) is 0 Å². The number of hydrogen-bond acceptors (Lipinski definition) is 3. The molecule has 3 nitrogen and oxygen atoms in total. The van der Waals surface area contributed by atoms with Gasteiger partial charge in [-0.3, -0.25) is 0 Å². The normalized spacial score (nSPS) is 22.2. The van der Waals surface area contributed by atoms with Gasteiger partial charge in [0.2, 0.25) is 0 Å². The highest BCUT2D eigenvalue weighted by Crippen LogP contribution is 2.22. The first-order valence-electron chi connectivity index (χ1n) is 6.99. The van der Waals surface area contributed by atoms with Gasteiger partial charge in [-0.25, -0.2) is 0 Å². The maximum absolute atomic E-state index is 5.74. The van der Waals surface area contributed by atoms with Gasteiger partial charge in [-0.1, -0.05) is 20.3 Å². The molecular weight excluding hydrogens is 212 g/mol. The van der Waals surface area contributed by atoms with Gasteiger partial charge in [0.25, 0.3) is 0 Å². The highest BCUT2D eigenvalue weighted by molar-refractivity contribution is 4.75. The van der Waals surface area contributed by atoms with Gasteiger partial charge in [-0.2, -0.15) is 0 Å². The number of ether oxygens (including phenoxy) is 1. The van der Waals surface area contributed by atoms with Crippen LogP contribution in [0.25, 0.3) is 0 Å². The number of nitrogens with zero attached hydrogens (tertiary/aromatic N) is 1. The molecule has 1 aliphatic rings. The molecule has 0 amide bonds. The van der Waals surface area contributed by atoms with Gasteiger partial charge in [-0.15, -0.1) is 0 Å². The van der Waals surface area contributed by atoms with E-state index in [9.17, 15) is 0 Å². The Bertz CT molecular complexity index is 206. The van der Waals surface area contributed by atoms with Crippen molar-refractivity contribution < 1.29 is 4.74 Å². The van der Waals surface area contributed by atoms with Crippen LogP contribution in [0.4, 0.5) is 0 Å². The molecule has 0 aromatic rings. The van der Waals surface area contributed by atoms with Gasteiger partial charge in [0.15, 0.2) is 0 Å². The minimum absolute atomic E-state index is 0.323. The lowest BCUT2D eigenvalue weighted by molar-refractivity contribution is 0.153. The van der Waals surface area contributed by atoms with Crippen LogP contribution in [0.3, 0.4) is 0 Å². The standard InChI is InChI=1S/C14H30N2O/c1-14(2,12-15)7-4-5-8-16-9-6-13(10-16)11-17-3/h13H,4-12,15H2,1-3H3. The summed E-state index contributed by atoms with van der Waals surface area (Å²) in [7, 11) is 1.80. The Labute approximate surface area is 107 Å². The van der Waals surface area contributed by atoms with E-state index in [2.05, 4.69) is 18.7 Å². The fourth-order valence-corrected chi connectivity index (χ4v) is 2.53. The van der Waals surface area contributed by atoms with Crippen molar-refractivity contribution in [1.82, 2.24) is 4.90 Å². The van der Waals surface area contributed by atoms with Crippen molar-refractivity contribution in [2.75, 3.05) is 39.9 Å². The third kappa shape index (κ3) is 5.84. The Kier molecular flexibility index (Phi) is 6.45. The van der Waals surface area contributed by atoms with Gasteiger partial charge < -0.3 is 15.4 Å². The van der Waals surface area contributed by atoms with E-state index in [0.29, 0.717) is 5.41 Å². The van der Waals surface area contributed by atoms with Crippen LogP contribution >= 0.6 is 0 Å². The number of unbranched alkanes of at least 4 members (excludes halogenated alkanes) is 1. The minimum Gasteiger partial charge on any atom is -0.384 e. The molecule has 0 spiro atoms. The molecule has 1 heterocycles. The number of likely N-dealkylation sites (tertiary alicyclic amines) is 1. The summed E-state index contributed by atoms with van der Waals surface area (Å²) in [5.74, 6) is 0.764. The molecular formula is C14H30N2O. The number of rotatable bonds is 8. The summed E-state index contributed by atoms with van der Waals surface area (Å²) in [6.07, 6.45) is 5.17. The van der Waals surface area contributed by atoms with Crippen LogP contribution in [-0.2, 0) is 4.74 Å². The van der Waals surface area contributed by atoms with Crippen LogP contribution in [-0.4, -0.2) is 44.8 Å². The second-order valence-corrected chi connectivity index (χ2v) is 6.24. The van der Waals surface area contributed by atoms with E-state index < -0.39 is 0 Å². The summed E-state index contributed by atoms with van der Waals surface area (Å²) in [6, 6.07) is 0. The summed E-state index contributed by atoms with van der Waals surface area (Å²) < 4.78 is 5.22. The SMILES string of the molecule is COCC1CCN(CCCCC(C)(C)CN)C1. The maximum atomic E-state index is 5.74. The maximum Gasteiger partial charge on any atom is 0.0503 e. The molecule has 1 atom stereocenters. The van der Waals surface area contributed by atoms with Crippen molar-refractivity contribution in [1.29, 1.82) is 0 Å². The van der Waals surface area contributed by atoms with Crippen LogP contribution in [0.2, 0.25) is 0 Å². The quantitative estimate of drug-likeness (QED) is 0.663. The molecule has 1 saturated heterocycles. The highest BCUT2D eigenvalue weighted by atomic mass is 16.5. The zero-order valence-electron chi connectivity index (χ0n) is 11.9. The van der Waals surface area contributed by atoms with Crippen molar-refractivity contribution in [3.8, 4) is 0 Å². The molecule has 1 fully saturated rings. The van der Waals surface area contributed by atoms with E-state index in [1.807, 2.05) is 0 Å². The monoisotopic (exact) mass is 242 g/mol. The highest BCUT2D eigenvalue weighted by Gasteiger charge is 2.22. The fraction of sp³-hybridized carbons (Fsp3) is 1.00. The van der Waals surface area contributed by atoms with E-state index >= 15 is 0 Å². The van der Waals surface area contributed by atoms with Gasteiger partial charge >= 0.3 is 0 Å². The number of methoxy groups -OCH3 is 1. The van der Waals surface area contributed by atoms with Gasteiger partial charge in [0.05, 0.1) is 6.61 Å². The summed E-state index contributed by atoms with van der Waals surface area (Å²) >= 11 is 0. The molecule has 1 unspecified atom stereocenters. The Morgan fingerprint density at radius 2 is 2.12 bits per heavy atom. The summed E-state index contributed by atoms with van der Waals surface area (Å²) in [4.78, 5) is 2.58. The zero-order chi connectivity index (χ0) is 12.7. The molecule has 1 rings (SSSR count). The molecule has 102 valence electrons. The first-order valence-corrected chi connectivity index (χ1v) is 6.99. The fourth-order valence-electron chi connectivity index (χ4n) is 2.53. The molecule has 0 aromatic heterocycles. The molecule has 0 bridgehead atoms. The van der Waals surface area contributed by atoms with Crippen molar-refractivity contribution in [2.45, 2.75) is 39.5 Å². The lowest BCUT2D eigenvalue weighted by atomic mass is 9.87. The van der Waals surface area contributed by atoms with Crippen LogP contribution in [0.15, 0.2) is 0 Å². The second kappa shape index (κ2) is 7.34. The van der Waals surface area contributed by atoms with Gasteiger partial charge in [0.1, 0.15) is 0 Å². The van der Waals surface area contributed by atoms with Gasteiger partial charge in [0, 0.05) is 13.7 Å². The molecule has 0 aliphatic carbocycles. The first-order chi connectivity index (χ1) is 8.07. The average Bonchev–Trinajstić information content (AvgIpc) is 2.73. The predicted octanol–water partition coefficient (Wildman–Crippen LogP) is 2.11. The molecule has 0 saturated carbocycles. The molecule has 2 N–H and O–H groups in total. The van der Waals surface area contributed by atoms with Crippen molar-refractivity contribution in [2.24, 2.45) is 17.1 Å². The van der Waals surface area contributed by atoms with E-state index in [0.717, 1.165) is 19.1 Å². The van der Waals surface area contributed by atoms with E-state index in [1.165, 1.54) is 45.3 Å². The van der Waals surface area contributed by atoms with Crippen molar-refractivity contribution in [3.05, 3.63) is 0 Å². The summed E-state index contributed by atoms with van der Waals surface area (Å²) in [6.45, 7) is 9.99. The Morgan fingerprint density at radius 1 is 1.35 bits per heavy atom. The van der Waals surface area contributed by atoms with Crippen molar-refractivity contribution >= 4 is 0 Å². The molecule has 0 aromatic carbocycles. The predicted molar refractivity (Wildman–Crippen MR) is 73.1 cm³/mol. The van der Waals surface area contributed by atoms with Crippen LogP contribution < -0.4 is 5.73 Å². The Balaban J connectivity index is 2.04. The molecule has 1 aliphatic heterocycles. The molecule has 17 heavy (non-hydrogen) atoms. The first kappa shape index (κ1) is 14.9. The van der Waals surface area contributed by atoms with E-state index in [4.69, 9.17) is 10.5 Å². The third-order valence-electron chi connectivity index (χ3n) is 3.90. The largest absolute Gasteiger partial charge is 0.384 e. The summed E-state index contributed by atoms with van der Waals surface area (Å²) in [5.41, 5.74) is 6.06. The Hall–Kier alpha value is -0.120. The second-order valence-electron chi connectivity index (χ2n) is 6.24. The van der Waals surface area contributed by atoms with E-state index in [-0.39, 0.29) is 0 Å². The minimum atomic E-state index is 0.323. The lowest BCUT2D eigenvalue weighted by Crippen LogP contribution is -2.25. The van der Waals surface area contributed by atoms with Crippen LogP contribution in [0, 0.1) is 11.3 Å². The van der Waals surface area contributed by atoms with Crippen LogP contribution in [0.1, 0.15) is 39.5 Å². The van der Waals surface area contributed by atoms with E-state index in [1.54, 1.807) is 7.11 Å². The molecule has 0 radical (unpaired) electrons. The number of hydrogen-bond donors (Lipinski definition) is 1.